The average Bonchev–Trinajstić information content (AvgIpc) is 2.52. The second-order valence-corrected chi connectivity index (χ2v) is 2.70. The first kappa shape index (κ1) is 9.51. The topological polar surface area (TPSA) is 56.3 Å². The minimum Gasteiger partial charge on any atom is -0.461 e. The smallest absolute Gasteiger partial charge is 0.246 e. The van der Waals surface area contributed by atoms with Crippen LogP contribution in [0.15, 0.2) is 22.2 Å². The number of furan rings is 1. The third-order valence-electron chi connectivity index (χ3n) is 1.67. The fourth-order valence-electron chi connectivity index (χ4n) is 0.921. The van der Waals surface area contributed by atoms with Gasteiger partial charge in [-0.15, -0.1) is 0 Å². The van der Waals surface area contributed by atoms with Gasteiger partial charge in [0.05, 0.1) is 11.0 Å². The van der Waals surface area contributed by atoms with E-state index < -0.39 is 4.92 Å². The number of aryl methyl sites for hydroxylation is 1. The normalized spacial score (nSPS) is 11.7. The van der Waals surface area contributed by atoms with Crippen molar-refractivity contribution in [3.63, 3.8) is 0 Å². The number of hydrogen-bond acceptors (Lipinski definition) is 3. The molecule has 0 aliphatic rings. The summed E-state index contributed by atoms with van der Waals surface area (Å²) in [5.74, 6) is 1.37. The van der Waals surface area contributed by atoms with Crippen LogP contribution >= 0.6 is 0 Å². The molecule has 1 aromatic rings. The molecule has 13 heavy (non-hydrogen) atoms. The lowest BCUT2D eigenvalue weighted by Gasteiger charge is -1.88. The van der Waals surface area contributed by atoms with E-state index in [1.165, 1.54) is 13.0 Å². The molecule has 0 aliphatic carbocycles. The zero-order valence-corrected chi connectivity index (χ0v) is 7.61. The largest absolute Gasteiger partial charge is 0.461 e. The maximum Gasteiger partial charge on any atom is 0.246 e. The van der Waals surface area contributed by atoms with Gasteiger partial charge in [0.25, 0.3) is 0 Å². The van der Waals surface area contributed by atoms with Gasteiger partial charge >= 0.3 is 0 Å². The Morgan fingerprint density at radius 3 is 2.85 bits per heavy atom. The lowest BCUT2D eigenvalue weighted by molar-refractivity contribution is -0.422. The lowest BCUT2D eigenvalue weighted by Crippen LogP contribution is -1.92. The van der Waals surface area contributed by atoms with Gasteiger partial charge in [0.2, 0.25) is 5.70 Å². The van der Waals surface area contributed by atoms with E-state index in [-0.39, 0.29) is 5.70 Å². The van der Waals surface area contributed by atoms with Crippen molar-refractivity contribution in [3.8, 4) is 0 Å². The molecule has 0 aromatic carbocycles. The van der Waals surface area contributed by atoms with Crippen LogP contribution in [0.4, 0.5) is 0 Å². The summed E-state index contributed by atoms with van der Waals surface area (Å²) in [5.41, 5.74) is 0.0806. The fourth-order valence-corrected chi connectivity index (χ4v) is 0.921. The summed E-state index contributed by atoms with van der Waals surface area (Å²) in [5, 5.41) is 10.3. The van der Waals surface area contributed by atoms with Gasteiger partial charge in [-0.1, -0.05) is 6.92 Å². The Hall–Kier alpha value is -1.58. The molecule has 1 heterocycles. The Morgan fingerprint density at radius 2 is 2.38 bits per heavy atom. The molecular formula is C9H11NO3. The third kappa shape index (κ3) is 2.43. The molecule has 1 aromatic heterocycles. The van der Waals surface area contributed by atoms with E-state index in [2.05, 4.69) is 0 Å². The molecule has 0 radical (unpaired) electrons. The average molecular weight is 181 g/mol. The Balaban J connectivity index is 2.84. The molecule has 0 fully saturated rings. The lowest BCUT2D eigenvalue weighted by atomic mass is 10.3. The molecule has 0 saturated heterocycles. The quantitative estimate of drug-likeness (QED) is 0.531. The van der Waals surface area contributed by atoms with Crippen LogP contribution in [0, 0.1) is 10.1 Å². The van der Waals surface area contributed by atoms with Crippen LogP contribution < -0.4 is 0 Å². The molecule has 0 unspecified atom stereocenters. The number of hydrogen-bond donors (Lipinski definition) is 0. The summed E-state index contributed by atoms with van der Waals surface area (Å²) in [6.45, 7) is 3.40. The minimum atomic E-state index is -0.436. The molecule has 0 atom stereocenters. The number of rotatable bonds is 3. The van der Waals surface area contributed by atoms with Crippen molar-refractivity contribution in [1.82, 2.24) is 0 Å². The van der Waals surface area contributed by atoms with Crippen molar-refractivity contribution in [1.29, 1.82) is 0 Å². The van der Waals surface area contributed by atoms with Gasteiger partial charge in [0.1, 0.15) is 11.5 Å². The van der Waals surface area contributed by atoms with E-state index in [1.807, 2.05) is 13.0 Å². The monoisotopic (exact) mass is 181 g/mol. The highest BCUT2D eigenvalue weighted by Gasteiger charge is 2.04. The Labute approximate surface area is 76.0 Å². The van der Waals surface area contributed by atoms with Gasteiger partial charge < -0.3 is 4.42 Å². The SMILES string of the molecule is CCc1ccc(/C=C(\C)[N+](=O)[O-])o1. The molecule has 0 bridgehead atoms. The van der Waals surface area contributed by atoms with E-state index in [4.69, 9.17) is 4.42 Å². The highest BCUT2D eigenvalue weighted by molar-refractivity contribution is 5.44. The molecule has 1 rings (SSSR count). The summed E-state index contributed by atoms with van der Waals surface area (Å²) in [6, 6.07) is 3.55. The van der Waals surface area contributed by atoms with Crippen molar-refractivity contribution >= 4 is 6.08 Å². The Morgan fingerprint density at radius 1 is 1.69 bits per heavy atom. The summed E-state index contributed by atoms with van der Waals surface area (Å²) in [4.78, 5) is 9.84. The van der Waals surface area contributed by atoms with Crippen LogP contribution in [0.5, 0.6) is 0 Å². The van der Waals surface area contributed by atoms with Gasteiger partial charge in [-0.05, 0) is 12.1 Å². The maximum absolute atomic E-state index is 10.3. The summed E-state index contributed by atoms with van der Waals surface area (Å²) >= 11 is 0. The second-order valence-electron chi connectivity index (χ2n) is 2.70. The molecule has 70 valence electrons. The first-order chi connectivity index (χ1) is 6.13. The Kier molecular flexibility index (Phi) is 2.84. The molecule has 4 heteroatoms. The Bertz CT molecular complexity index is 338. The van der Waals surface area contributed by atoms with Gasteiger partial charge in [-0.3, -0.25) is 10.1 Å². The first-order valence-corrected chi connectivity index (χ1v) is 4.05. The van der Waals surface area contributed by atoms with Crippen LogP contribution in [0.1, 0.15) is 25.4 Å². The van der Waals surface area contributed by atoms with Gasteiger partial charge in [-0.2, -0.15) is 0 Å². The van der Waals surface area contributed by atoms with Crippen molar-refractivity contribution in [2.45, 2.75) is 20.3 Å². The van der Waals surface area contributed by atoms with Crippen molar-refractivity contribution in [3.05, 3.63) is 39.5 Å². The molecular weight excluding hydrogens is 170 g/mol. The molecule has 0 amide bonds. The van der Waals surface area contributed by atoms with Gasteiger partial charge in [-0.25, -0.2) is 0 Å². The van der Waals surface area contributed by atoms with Crippen LogP contribution in [0.25, 0.3) is 6.08 Å². The zero-order valence-electron chi connectivity index (χ0n) is 7.61. The molecule has 4 nitrogen and oxygen atoms in total. The zero-order chi connectivity index (χ0) is 9.84. The van der Waals surface area contributed by atoms with Crippen LogP contribution in [-0.4, -0.2) is 4.92 Å². The van der Waals surface area contributed by atoms with Crippen molar-refractivity contribution in [2.24, 2.45) is 0 Å². The van der Waals surface area contributed by atoms with E-state index in [0.717, 1.165) is 12.2 Å². The van der Waals surface area contributed by atoms with Crippen molar-refractivity contribution < 1.29 is 9.34 Å². The van der Waals surface area contributed by atoms with Crippen LogP contribution in [0.3, 0.4) is 0 Å². The molecule has 0 aliphatic heterocycles. The van der Waals surface area contributed by atoms with Gasteiger partial charge in [0, 0.05) is 13.3 Å². The highest BCUT2D eigenvalue weighted by atomic mass is 16.6. The van der Waals surface area contributed by atoms with E-state index >= 15 is 0 Å². The second kappa shape index (κ2) is 3.89. The molecule has 0 saturated carbocycles. The van der Waals surface area contributed by atoms with E-state index in [0.29, 0.717) is 5.76 Å². The standard InChI is InChI=1S/C9H11NO3/c1-3-8-4-5-9(13-8)6-7(2)10(11)12/h4-6H,3H2,1-2H3/b7-6+. The van der Waals surface area contributed by atoms with Gasteiger partial charge in [0.15, 0.2) is 0 Å². The first-order valence-electron chi connectivity index (χ1n) is 4.05. The fraction of sp³-hybridized carbons (Fsp3) is 0.333. The molecule has 0 spiro atoms. The van der Waals surface area contributed by atoms with Crippen LogP contribution in [0.2, 0.25) is 0 Å². The minimum absolute atomic E-state index is 0.0806. The summed E-state index contributed by atoms with van der Waals surface area (Å²) in [7, 11) is 0. The predicted molar refractivity (Wildman–Crippen MR) is 48.7 cm³/mol. The molecule has 0 N–H and O–H groups in total. The number of nitro groups is 1. The number of allylic oxidation sites excluding steroid dienone is 1. The third-order valence-corrected chi connectivity index (χ3v) is 1.67. The van der Waals surface area contributed by atoms with E-state index in [1.54, 1.807) is 6.07 Å². The predicted octanol–water partition coefficient (Wildman–Crippen LogP) is 2.48. The summed E-state index contributed by atoms with van der Waals surface area (Å²) < 4.78 is 5.27. The summed E-state index contributed by atoms with van der Waals surface area (Å²) in [6.07, 6.45) is 2.21. The maximum atomic E-state index is 10.3. The number of nitrogens with zero attached hydrogens (tertiary/aromatic N) is 1. The van der Waals surface area contributed by atoms with E-state index in [9.17, 15) is 10.1 Å². The highest BCUT2D eigenvalue weighted by Crippen LogP contribution is 2.12. The van der Waals surface area contributed by atoms with Crippen molar-refractivity contribution in [2.75, 3.05) is 0 Å². The van der Waals surface area contributed by atoms with Crippen LogP contribution in [-0.2, 0) is 6.42 Å².